The van der Waals surface area contributed by atoms with Gasteiger partial charge in [0.25, 0.3) is 0 Å². The predicted octanol–water partition coefficient (Wildman–Crippen LogP) is 4.00. The van der Waals surface area contributed by atoms with E-state index in [2.05, 4.69) is 0 Å². The van der Waals surface area contributed by atoms with E-state index in [-0.39, 0.29) is 24.1 Å². The van der Waals surface area contributed by atoms with Crippen molar-refractivity contribution in [3.8, 4) is 0 Å². The minimum Gasteiger partial charge on any atom is -0.466 e. The van der Waals surface area contributed by atoms with Gasteiger partial charge in [0.05, 0.1) is 6.61 Å². The van der Waals surface area contributed by atoms with Crippen molar-refractivity contribution in [1.29, 1.82) is 0 Å². The fourth-order valence-corrected chi connectivity index (χ4v) is 2.43. The smallest absolute Gasteiger partial charge is 0.305 e. The molecule has 0 heterocycles. The van der Waals surface area contributed by atoms with E-state index in [1.54, 1.807) is 6.92 Å². The fourth-order valence-electron chi connectivity index (χ4n) is 2.43. The third-order valence-corrected chi connectivity index (χ3v) is 3.52. The first-order chi connectivity index (χ1) is 10.7. The van der Waals surface area contributed by atoms with E-state index in [4.69, 9.17) is 4.74 Å². The Kier molecular flexibility index (Phi) is 5.90. The Morgan fingerprint density at radius 2 is 1.55 bits per heavy atom. The summed E-state index contributed by atoms with van der Waals surface area (Å²) in [6, 6.07) is 18.8. The van der Waals surface area contributed by atoms with Crippen LogP contribution < -0.4 is 0 Å². The Balaban J connectivity index is 2.19. The van der Waals surface area contributed by atoms with E-state index in [0.29, 0.717) is 18.6 Å². The zero-order chi connectivity index (χ0) is 15.8. The van der Waals surface area contributed by atoms with Crippen LogP contribution in [-0.4, -0.2) is 18.4 Å². The molecule has 0 amide bonds. The summed E-state index contributed by atoms with van der Waals surface area (Å²) in [5, 5.41) is 0. The highest BCUT2D eigenvalue weighted by Gasteiger charge is 2.22. The molecule has 0 spiro atoms. The first-order valence-electron chi connectivity index (χ1n) is 7.52. The Hall–Kier alpha value is -2.42. The molecular formula is C19H20O3. The minimum atomic E-state index is -0.326. The molecule has 0 N–H and O–H groups in total. The van der Waals surface area contributed by atoms with Crippen LogP contribution in [0.25, 0.3) is 0 Å². The lowest BCUT2D eigenvalue weighted by Crippen LogP contribution is -2.15. The van der Waals surface area contributed by atoms with Crippen LogP contribution in [0, 0.1) is 0 Å². The maximum atomic E-state index is 12.8. The Morgan fingerprint density at radius 3 is 2.14 bits per heavy atom. The molecule has 3 nitrogen and oxygen atoms in total. The van der Waals surface area contributed by atoms with Gasteiger partial charge >= 0.3 is 5.97 Å². The zero-order valence-corrected chi connectivity index (χ0v) is 12.7. The monoisotopic (exact) mass is 296 g/mol. The second-order valence-corrected chi connectivity index (χ2v) is 5.04. The maximum Gasteiger partial charge on any atom is 0.305 e. The molecule has 0 aromatic heterocycles. The molecule has 0 aliphatic carbocycles. The summed E-state index contributed by atoms with van der Waals surface area (Å²) in [7, 11) is 0. The van der Waals surface area contributed by atoms with E-state index >= 15 is 0 Å². The quantitative estimate of drug-likeness (QED) is 0.573. The second-order valence-electron chi connectivity index (χ2n) is 5.04. The van der Waals surface area contributed by atoms with Gasteiger partial charge in [0.2, 0.25) is 0 Å². The third-order valence-electron chi connectivity index (χ3n) is 3.52. The number of esters is 1. The number of Topliss-reactive ketones (excluding diaryl/α,β-unsaturated/α-hetero) is 1. The summed E-state index contributed by atoms with van der Waals surface area (Å²) < 4.78 is 4.96. The lowest BCUT2D eigenvalue weighted by molar-refractivity contribution is -0.143. The van der Waals surface area contributed by atoms with Gasteiger partial charge in [0, 0.05) is 17.9 Å². The largest absolute Gasteiger partial charge is 0.466 e. The molecule has 22 heavy (non-hydrogen) atoms. The lowest BCUT2D eigenvalue weighted by atomic mass is 9.87. The molecular weight excluding hydrogens is 276 g/mol. The molecule has 114 valence electrons. The van der Waals surface area contributed by atoms with Crippen LogP contribution in [0.15, 0.2) is 60.7 Å². The molecule has 0 aliphatic rings. The molecule has 0 aliphatic heterocycles. The fraction of sp³-hybridized carbons (Fsp3) is 0.263. The number of carbonyl (C=O) groups excluding carboxylic acids is 2. The minimum absolute atomic E-state index is 0.0381. The highest BCUT2D eigenvalue weighted by molar-refractivity contribution is 6.01. The highest BCUT2D eigenvalue weighted by atomic mass is 16.5. The third kappa shape index (κ3) is 4.29. The van der Waals surface area contributed by atoms with Gasteiger partial charge in [-0.25, -0.2) is 0 Å². The molecule has 2 rings (SSSR count). The predicted molar refractivity (Wildman–Crippen MR) is 85.8 cm³/mol. The van der Waals surface area contributed by atoms with E-state index in [1.807, 2.05) is 60.7 Å². The number of carbonyl (C=O) groups is 2. The van der Waals surface area contributed by atoms with Crippen molar-refractivity contribution in [2.45, 2.75) is 25.7 Å². The van der Waals surface area contributed by atoms with Crippen LogP contribution in [0.2, 0.25) is 0 Å². The van der Waals surface area contributed by atoms with Crippen LogP contribution in [0.1, 0.15) is 41.6 Å². The molecule has 3 heteroatoms. The van der Waals surface area contributed by atoms with Crippen molar-refractivity contribution in [3.05, 3.63) is 71.8 Å². The molecule has 2 aromatic rings. The standard InChI is InChI=1S/C19H20O3/c1-2-22-18(20)14-13-17(15-9-5-3-6-10-15)19(21)16-11-7-4-8-12-16/h3-12,17H,2,13-14H2,1H3/t17-/m1/s1. The van der Waals surface area contributed by atoms with Gasteiger partial charge in [-0.1, -0.05) is 60.7 Å². The van der Waals surface area contributed by atoms with Crippen LogP contribution >= 0.6 is 0 Å². The topological polar surface area (TPSA) is 43.4 Å². The van der Waals surface area contributed by atoms with Crippen molar-refractivity contribution in [2.75, 3.05) is 6.61 Å². The molecule has 2 aromatic carbocycles. The van der Waals surface area contributed by atoms with E-state index < -0.39 is 0 Å². The summed E-state index contributed by atoms with van der Waals surface area (Å²) in [6.45, 7) is 2.14. The molecule has 1 atom stereocenters. The van der Waals surface area contributed by atoms with E-state index in [0.717, 1.165) is 5.56 Å². The number of ether oxygens (including phenoxy) is 1. The average Bonchev–Trinajstić information content (AvgIpc) is 2.57. The van der Waals surface area contributed by atoms with Crippen LogP contribution in [-0.2, 0) is 9.53 Å². The van der Waals surface area contributed by atoms with Gasteiger partial charge in [0.15, 0.2) is 5.78 Å². The summed E-state index contributed by atoms with van der Waals surface area (Å²) in [4.78, 5) is 24.4. The summed E-state index contributed by atoms with van der Waals surface area (Å²) in [5.41, 5.74) is 1.60. The normalized spacial score (nSPS) is 11.7. The number of hydrogen-bond donors (Lipinski definition) is 0. The zero-order valence-electron chi connectivity index (χ0n) is 12.7. The summed E-state index contributed by atoms with van der Waals surface area (Å²) >= 11 is 0. The van der Waals surface area contributed by atoms with Crippen molar-refractivity contribution >= 4 is 11.8 Å². The van der Waals surface area contributed by atoms with Crippen molar-refractivity contribution in [3.63, 3.8) is 0 Å². The first kappa shape index (κ1) is 16.0. The Labute approximate surface area is 130 Å². The molecule has 0 bridgehead atoms. The average molecular weight is 296 g/mol. The maximum absolute atomic E-state index is 12.8. The highest BCUT2D eigenvalue weighted by Crippen LogP contribution is 2.26. The number of hydrogen-bond acceptors (Lipinski definition) is 3. The first-order valence-corrected chi connectivity index (χ1v) is 7.52. The van der Waals surface area contributed by atoms with Gasteiger partial charge < -0.3 is 4.74 Å². The van der Waals surface area contributed by atoms with Crippen molar-refractivity contribution < 1.29 is 14.3 Å². The number of ketones is 1. The van der Waals surface area contributed by atoms with Gasteiger partial charge in [-0.05, 0) is 18.9 Å². The molecule has 0 unspecified atom stereocenters. The van der Waals surface area contributed by atoms with E-state index in [1.165, 1.54) is 0 Å². The van der Waals surface area contributed by atoms with Crippen LogP contribution in [0.5, 0.6) is 0 Å². The second kappa shape index (κ2) is 8.13. The van der Waals surface area contributed by atoms with Crippen molar-refractivity contribution in [2.24, 2.45) is 0 Å². The van der Waals surface area contributed by atoms with Crippen LogP contribution in [0.3, 0.4) is 0 Å². The SMILES string of the molecule is CCOC(=O)CC[C@@H](C(=O)c1ccccc1)c1ccccc1. The van der Waals surface area contributed by atoms with Gasteiger partial charge in [-0.3, -0.25) is 9.59 Å². The Bertz CT molecular complexity index is 605. The van der Waals surface area contributed by atoms with Gasteiger partial charge in [-0.15, -0.1) is 0 Å². The lowest BCUT2D eigenvalue weighted by Gasteiger charge is -2.16. The molecule has 0 saturated carbocycles. The van der Waals surface area contributed by atoms with Crippen molar-refractivity contribution in [1.82, 2.24) is 0 Å². The number of rotatable bonds is 7. The molecule has 0 fully saturated rings. The summed E-state index contributed by atoms with van der Waals surface area (Å²) in [6.07, 6.45) is 0.697. The summed E-state index contributed by atoms with van der Waals surface area (Å²) in [5.74, 6) is -0.548. The molecule has 0 saturated heterocycles. The Morgan fingerprint density at radius 1 is 0.955 bits per heavy atom. The van der Waals surface area contributed by atoms with Gasteiger partial charge in [-0.2, -0.15) is 0 Å². The number of benzene rings is 2. The van der Waals surface area contributed by atoms with Gasteiger partial charge in [0.1, 0.15) is 0 Å². The van der Waals surface area contributed by atoms with E-state index in [9.17, 15) is 9.59 Å². The molecule has 0 radical (unpaired) electrons. The van der Waals surface area contributed by atoms with Crippen LogP contribution in [0.4, 0.5) is 0 Å².